The summed E-state index contributed by atoms with van der Waals surface area (Å²) in [5.41, 5.74) is 2.47. The first-order valence-corrected chi connectivity index (χ1v) is 10.5. The van der Waals surface area contributed by atoms with E-state index in [1.54, 1.807) is 18.4 Å². The van der Waals surface area contributed by atoms with Crippen LogP contribution in [0, 0.1) is 0 Å². The van der Waals surface area contributed by atoms with Crippen LogP contribution in [-0.2, 0) is 6.54 Å². The quantitative estimate of drug-likeness (QED) is 0.717. The van der Waals surface area contributed by atoms with Crippen LogP contribution in [0.5, 0.6) is 0 Å². The molecular formula is C22H26N4OS. The summed E-state index contributed by atoms with van der Waals surface area (Å²) in [5, 5.41) is 4.05. The number of hydrogen-bond acceptors (Lipinski definition) is 5. The molecule has 1 aliphatic heterocycles. The number of fused-ring (bicyclic) bond motifs is 1. The van der Waals surface area contributed by atoms with Gasteiger partial charge < -0.3 is 10.2 Å². The molecule has 1 aromatic carbocycles. The largest absolute Gasteiger partial charge is 0.362 e. The number of hydrogen-bond donors (Lipinski definition) is 1. The average molecular weight is 395 g/mol. The van der Waals surface area contributed by atoms with Crippen molar-refractivity contribution in [2.24, 2.45) is 0 Å². The Morgan fingerprint density at radius 2 is 2.11 bits per heavy atom. The van der Waals surface area contributed by atoms with Crippen LogP contribution in [0.1, 0.15) is 33.1 Å². The molecule has 28 heavy (non-hydrogen) atoms. The minimum Gasteiger partial charge on any atom is -0.362 e. The summed E-state index contributed by atoms with van der Waals surface area (Å²) in [6.45, 7) is 2.88. The summed E-state index contributed by atoms with van der Waals surface area (Å²) < 4.78 is 1.19. The number of rotatable bonds is 5. The van der Waals surface area contributed by atoms with Crippen LogP contribution in [0.15, 0.2) is 42.6 Å². The molecule has 2 aromatic heterocycles. The van der Waals surface area contributed by atoms with E-state index in [9.17, 15) is 4.79 Å². The lowest BCUT2D eigenvalue weighted by Gasteiger charge is -2.21. The van der Waals surface area contributed by atoms with Crippen molar-refractivity contribution in [3.63, 3.8) is 0 Å². The van der Waals surface area contributed by atoms with Crippen molar-refractivity contribution in [1.82, 2.24) is 15.2 Å². The van der Waals surface area contributed by atoms with Gasteiger partial charge in [-0.15, -0.1) is 11.3 Å². The Morgan fingerprint density at radius 3 is 2.89 bits per heavy atom. The highest BCUT2D eigenvalue weighted by atomic mass is 32.1. The van der Waals surface area contributed by atoms with Gasteiger partial charge in [0.05, 0.1) is 4.88 Å². The zero-order valence-corrected chi connectivity index (χ0v) is 17.4. The van der Waals surface area contributed by atoms with Gasteiger partial charge in [-0.25, -0.2) is 4.98 Å². The molecule has 6 heteroatoms. The third-order valence-electron chi connectivity index (χ3n) is 5.43. The number of aromatic nitrogens is 1. The van der Waals surface area contributed by atoms with Gasteiger partial charge in [0, 0.05) is 56.6 Å². The lowest BCUT2D eigenvalue weighted by Crippen LogP contribution is -2.23. The average Bonchev–Trinajstić information content (AvgIpc) is 3.31. The maximum atomic E-state index is 12.5. The SMILES string of the molecule is CNC(=O)c1sc2ccccc2c1[C@H]1CCN(Cc2cccnc2N(C)C)C1. The fraction of sp³-hybridized carbons (Fsp3) is 0.364. The van der Waals surface area contributed by atoms with Crippen molar-refractivity contribution >= 4 is 33.1 Å². The standard InChI is InChI=1S/C22H26N4OS/c1-23-22(27)20-19(17-8-4-5-9-18(17)28-20)15-10-12-26(13-15)14-16-7-6-11-24-21(16)25(2)3/h4-9,11,15H,10,12-14H2,1-3H3,(H,23,27)/t15-/m0/s1. The molecule has 3 heterocycles. The molecule has 0 bridgehead atoms. The van der Waals surface area contributed by atoms with Crippen LogP contribution in [0.2, 0.25) is 0 Å². The minimum atomic E-state index is 0.0248. The van der Waals surface area contributed by atoms with Crippen LogP contribution < -0.4 is 10.2 Å². The number of nitrogens with zero attached hydrogens (tertiary/aromatic N) is 3. The molecular weight excluding hydrogens is 368 g/mol. The molecule has 1 fully saturated rings. The highest BCUT2D eigenvalue weighted by Gasteiger charge is 2.30. The Hall–Kier alpha value is -2.44. The second-order valence-corrected chi connectivity index (χ2v) is 8.57. The number of anilines is 1. The van der Waals surface area contributed by atoms with Crippen LogP contribution in [0.3, 0.4) is 0 Å². The number of likely N-dealkylation sites (tertiary alicyclic amines) is 1. The van der Waals surface area contributed by atoms with Gasteiger partial charge in [-0.1, -0.05) is 24.3 Å². The molecule has 3 aromatic rings. The van der Waals surface area contributed by atoms with Crippen molar-refractivity contribution in [2.75, 3.05) is 39.1 Å². The van der Waals surface area contributed by atoms with Gasteiger partial charge in [-0.3, -0.25) is 9.69 Å². The Bertz CT molecular complexity index is 997. The van der Waals surface area contributed by atoms with E-state index < -0.39 is 0 Å². The van der Waals surface area contributed by atoms with E-state index in [0.29, 0.717) is 5.92 Å². The number of thiophene rings is 1. The lowest BCUT2D eigenvalue weighted by molar-refractivity contribution is 0.0966. The predicted octanol–water partition coefficient (Wildman–Crippen LogP) is 3.71. The van der Waals surface area contributed by atoms with Gasteiger partial charge in [-0.05, 0) is 36.0 Å². The number of benzene rings is 1. The van der Waals surface area contributed by atoms with Crippen molar-refractivity contribution in [3.05, 3.63) is 58.6 Å². The molecule has 0 radical (unpaired) electrons. The molecule has 1 atom stereocenters. The number of pyridine rings is 1. The van der Waals surface area contributed by atoms with Gasteiger partial charge in [0.15, 0.2) is 0 Å². The van der Waals surface area contributed by atoms with E-state index >= 15 is 0 Å². The number of carbonyl (C=O) groups is 1. The normalized spacial score (nSPS) is 17.2. The van der Waals surface area contributed by atoms with Crippen molar-refractivity contribution in [3.8, 4) is 0 Å². The van der Waals surface area contributed by atoms with Gasteiger partial charge in [0.25, 0.3) is 5.91 Å². The number of nitrogens with one attached hydrogen (secondary N) is 1. The van der Waals surface area contributed by atoms with E-state index in [0.717, 1.165) is 36.8 Å². The minimum absolute atomic E-state index is 0.0248. The second-order valence-electron chi connectivity index (χ2n) is 7.52. The summed E-state index contributed by atoms with van der Waals surface area (Å²) in [6, 6.07) is 12.5. The highest BCUT2D eigenvalue weighted by molar-refractivity contribution is 7.21. The zero-order chi connectivity index (χ0) is 19.7. The van der Waals surface area contributed by atoms with E-state index in [-0.39, 0.29) is 5.91 Å². The monoisotopic (exact) mass is 394 g/mol. The second kappa shape index (κ2) is 7.89. The molecule has 0 saturated carbocycles. The molecule has 1 saturated heterocycles. The van der Waals surface area contributed by atoms with Gasteiger partial charge in [0.1, 0.15) is 5.82 Å². The first-order valence-electron chi connectivity index (χ1n) is 9.65. The van der Waals surface area contributed by atoms with Crippen molar-refractivity contribution in [1.29, 1.82) is 0 Å². The third-order valence-corrected chi connectivity index (χ3v) is 6.62. The van der Waals surface area contributed by atoms with Crippen LogP contribution in [0.25, 0.3) is 10.1 Å². The summed E-state index contributed by atoms with van der Waals surface area (Å²) in [7, 11) is 5.78. The number of amides is 1. The Kier molecular flexibility index (Phi) is 5.33. The molecule has 0 unspecified atom stereocenters. The highest BCUT2D eigenvalue weighted by Crippen LogP contribution is 2.40. The van der Waals surface area contributed by atoms with Crippen LogP contribution in [-0.4, -0.2) is 50.0 Å². The molecule has 0 spiro atoms. The molecule has 1 aliphatic rings. The van der Waals surface area contributed by atoms with Crippen LogP contribution >= 0.6 is 11.3 Å². The summed E-state index contributed by atoms with van der Waals surface area (Å²) in [6.07, 6.45) is 2.92. The smallest absolute Gasteiger partial charge is 0.261 e. The molecule has 1 amide bonds. The topological polar surface area (TPSA) is 48.5 Å². The first kappa shape index (κ1) is 18.9. The Balaban J connectivity index is 1.61. The zero-order valence-electron chi connectivity index (χ0n) is 16.6. The summed E-state index contributed by atoms with van der Waals surface area (Å²) in [4.78, 5) is 22.5. The molecule has 4 rings (SSSR count). The maximum Gasteiger partial charge on any atom is 0.261 e. The number of carbonyl (C=O) groups excluding carboxylic acids is 1. The van der Waals surface area contributed by atoms with Crippen LogP contribution in [0.4, 0.5) is 5.82 Å². The van der Waals surface area contributed by atoms with Crippen molar-refractivity contribution in [2.45, 2.75) is 18.9 Å². The summed E-state index contributed by atoms with van der Waals surface area (Å²) >= 11 is 1.61. The van der Waals surface area contributed by atoms with E-state index in [4.69, 9.17) is 0 Å². The third kappa shape index (κ3) is 3.50. The maximum absolute atomic E-state index is 12.5. The fourth-order valence-corrected chi connectivity index (χ4v) is 5.40. The Morgan fingerprint density at radius 1 is 1.29 bits per heavy atom. The molecule has 146 valence electrons. The van der Waals surface area contributed by atoms with E-state index in [2.05, 4.69) is 44.4 Å². The molecule has 5 nitrogen and oxygen atoms in total. The molecule has 0 aliphatic carbocycles. The van der Waals surface area contributed by atoms with Gasteiger partial charge in [-0.2, -0.15) is 0 Å². The first-order chi connectivity index (χ1) is 13.6. The fourth-order valence-electron chi connectivity index (χ4n) is 4.16. The molecule has 1 N–H and O–H groups in total. The Labute approximate surface area is 170 Å². The van der Waals surface area contributed by atoms with E-state index in [1.807, 2.05) is 32.4 Å². The summed E-state index contributed by atoms with van der Waals surface area (Å²) in [5.74, 6) is 1.43. The predicted molar refractivity (Wildman–Crippen MR) is 116 cm³/mol. The lowest BCUT2D eigenvalue weighted by atomic mass is 9.95. The van der Waals surface area contributed by atoms with Gasteiger partial charge in [0.2, 0.25) is 0 Å². The van der Waals surface area contributed by atoms with E-state index in [1.165, 1.54) is 21.2 Å². The van der Waals surface area contributed by atoms with Crippen molar-refractivity contribution < 1.29 is 4.79 Å². The van der Waals surface area contributed by atoms with Gasteiger partial charge >= 0.3 is 0 Å².